The highest BCUT2D eigenvalue weighted by atomic mass is 32.2. The summed E-state index contributed by atoms with van der Waals surface area (Å²) in [6.45, 7) is 4.90. The molecule has 5 nitrogen and oxygen atoms in total. The number of allylic oxidation sites excluding steroid dienone is 1. The lowest BCUT2D eigenvalue weighted by molar-refractivity contribution is -0.118. The number of methoxy groups -OCH3 is 1. The first-order chi connectivity index (χ1) is 12.7. The third kappa shape index (κ3) is 4.08. The predicted molar refractivity (Wildman–Crippen MR) is 105 cm³/mol. The second-order valence-corrected chi connectivity index (χ2v) is 6.60. The molecule has 0 spiro atoms. The zero-order valence-corrected chi connectivity index (χ0v) is 15.5. The molecule has 0 saturated carbocycles. The molecule has 0 saturated heterocycles. The Labute approximate surface area is 157 Å². The SMILES string of the molecule is C=CCn1c(SCC(=O)NCc2ccccc2OC)nc2ccccc21. The van der Waals surface area contributed by atoms with Gasteiger partial charge in [0, 0.05) is 18.7 Å². The van der Waals surface area contributed by atoms with Gasteiger partial charge in [0.05, 0.1) is 23.9 Å². The Bertz CT molecular complexity index is 920. The number of benzene rings is 2. The molecule has 1 N–H and O–H groups in total. The molecule has 3 rings (SSSR count). The van der Waals surface area contributed by atoms with Crippen molar-refractivity contribution >= 4 is 28.7 Å². The van der Waals surface area contributed by atoms with E-state index >= 15 is 0 Å². The topological polar surface area (TPSA) is 56.2 Å². The van der Waals surface area contributed by atoms with Crippen LogP contribution in [0.25, 0.3) is 11.0 Å². The molecule has 6 heteroatoms. The first-order valence-corrected chi connectivity index (χ1v) is 9.29. The molecule has 1 amide bonds. The van der Waals surface area contributed by atoms with Gasteiger partial charge in [-0.25, -0.2) is 4.98 Å². The highest BCUT2D eigenvalue weighted by molar-refractivity contribution is 7.99. The van der Waals surface area contributed by atoms with Crippen molar-refractivity contribution in [2.24, 2.45) is 0 Å². The number of carbonyl (C=O) groups is 1. The highest BCUT2D eigenvalue weighted by Crippen LogP contribution is 2.24. The van der Waals surface area contributed by atoms with Crippen LogP contribution in [0.1, 0.15) is 5.56 Å². The molecule has 1 aromatic heterocycles. The summed E-state index contributed by atoms with van der Waals surface area (Å²) in [5.41, 5.74) is 2.92. The number of amides is 1. The van der Waals surface area contributed by atoms with Gasteiger partial charge in [-0.05, 0) is 18.2 Å². The molecule has 0 atom stereocenters. The van der Waals surface area contributed by atoms with Crippen LogP contribution in [0, 0.1) is 0 Å². The molecule has 0 bridgehead atoms. The molecule has 3 aromatic rings. The summed E-state index contributed by atoms with van der Waals surface area (Å²) in [5, 5.41) is 3.75. The lowest BCUT2D eigenvalue weighted by atomic mass is 10.2. The zero-order chi connectivity index (χ0) is 18.4. The number of imidazole rings is 1. The van der Waals surface area contributed by atoms with Gasteiger partial charge in [0.25, 0.3) is 0 Å². The Balaban J connectivity index is 1.63. The monoisotopic (exact) mass is 367 g/mol. The molecular formula is C20H21N3O2S. The molecule has 26 heavy (non-hydrogen) atoms. The lowest BCUT2D eigenvalue weighted by Gasteiger charge is -2.10. The summed E-state index contributed by atoms with van der Waals surface area (Å²) >= 11 is 1.43. The summed E-state index contributed by atoms with van der Waals surface area (Å²) < 4.78 is 7.37. The quantitative estimate of drug-likeness (QED) is 0.488. The van der Waals surface area contributed by atoms with E-state index in [4.69, 9.17) is 4.74 Å². The first kappa shape index (κ1) is 18.1. The minimum atomic E-state index is -0.0434. The fourth-order valence-corrected chi connectivity index (χ4v) is 3.55. The maximum absolute atomic E-state index is 12.2. The summed E-state index contributed by atoms with van der Waals surface area (Å²) in [5.74, 6) is 1.03. The van der Waals surface area contributed by atoms with Gasteiger partial charge in [-0.1, -0.05) is 48.2 Å². The van der Waals surface area contributed by atoms with Crippen molar-refractivity contribution in [1.82, 2.24) is 14.9 Å². The van der Waals surface area contributed by atoms with E-state index in [2.05, 4.69) is 21.4 Å². The molecule has 0 fully saturated rings. The van der Waals surface area contributed by atoms with Crippen LogP contribution in [-0.4, -0.2) is 28.3 Å². The number of rotatable bonds is 8. The normalized spacial score (nSPS) is 10.7. The zero-order valence-electron chi connectivity index (χ0n) is 14.6. The number of para-hydroxylation sites is 3. The van der Waals surface area contributed by atoms with E-state index < -0.39 is 0 Å². The fraction of sp³-hybridized carbons (Fsp3) is 0.200. The maximum Gasteiger partial charge on any atom is 0.230 e. The summed E-state index contributed by atoms with van der Waals surface area (Å²) in [7, 11) is 1.63. The van der Waals surface area contributed by atoms with Crippen molar-refractivity contribution in [3.63, 3.8) is 0 Å². The Morgan fingerprint density at radius 1 is 1.27 bits per heavy atom. The van der Waals surface area contributed by atoms with E-state index in [1.807, 2.05) is 54.6 Å². The van der Waals surface area contributed by atoms with E-state index in [1.54, 1.807) is 7.11 Å². The number of fused-ring (bicyclic) bond motifs is 1. The molecule has 1 heterocycles. The van der Waals surface area contributed by atoms with Gasteiger partial charge in [0.15, 0.2) is 5.16 Å². The largest absolute Gasteiger partial charge is 0.496 e. The third-order valence-electron chi connectivity index (χ3n) is 3.93. The first-order valence-electron chi connectivity index (χ1n) is 8.30. The van der Waals surface area contributed by atoms with Gasteiger partial charge in [-0.15, -0.1) is 6.58 Å². The average Bonchev–Trinajstić information content (AvgIpc) is 3.03. The van der Waals surface area contributed by atoms with Crippen LogP contribution < -0.4 is 10.1 Å². The van der Waals surface area contributed by atoms with E-state index in [-0.39, 0.29) is 5.91 Å². The van der Waals surface area contributed by atoms with Crippen LogP contribution in [-0.2, 0) is 17.9 Å². The molecule has 0 aliphatic heterocycles. The molecule has 0 radical (unpaired) electrons. The van der Waals surface area contributed by atoms with E-state index in [1.165, 1.54) is 11.8 Å². The van der Waals surface area contributed by atoms with Crippen LogP contribution in [0.2, 0.25) is 0 Å². The smallest absolute Gasteiger partial charge is 0.230 e. The Morgan fingerprint density at radius 3 is 2.85 bits per heavy atom. The number of nitrogens with zero attached hydrogens (tertiary/aromatic N) is 2. The van der Waals surface area contributed by atoms with Crippen LogP contribution in [0.4, 0.5) is 0 Å². The lowest BCUT2D eigenvalue weighted by Crippen LogP contribution is -2.25. The van der Waals surface area contributed by atoms with Crippen LogP contribution >= 0.6 is 11.8 Å². The van der Waals surface area contributed by atoms with Gasteiger partial charge in [-0.3, -0.25) is 4.79 Å². The van der Waals surface area contributed by atoms with Gasteiger partial charge >= 0.3 is 0 Å². The van der Waals surface area contributed by atoms with E-state index in [9.17, 15) is 4.79 Å². The number of hydrogen-bond acceptors (Lipinski definition) is 4. The van der Waals surface area contributed by atoms with Crippen molar-refractivity contribution in [3.05, 3.63) is 66.7 Å². The van der Waals surface area contributed by atoms with Crippen LogP contribution in [0.5, 0.6) is 5.75 Å². The third-order valence-corrected chi connectivity index (χ3v) is 4.91. The van der Waals surface area contributed by atoms with Crippen molar-refractivity contribution < 1.29 is 9.53 Å². The number of ether oxygens (including phenoxy) is 1. The van der Waals surface area contributed by atoms with Crippen molar-refractivity contribution in [3.8, 4) is 5.75 Å². The standard InChI is InChI=1S/C20H21N3O2S/c1-3-12-23-17-10-6-5-9-16(17)22-20(23)26-14-19(24)21-13-15-8-4-7-11-18(15)25-2/h3-11H,1,12-14H2,2H3,(H,21,24). The fourth-order valence-electron chi connectivity index (χ4n) is 2.69. The van der Waals surface area contributed by atoms with Gasteiger partial charge in [0.2, 0.25) is 5.91 Å². The predicted octanol–water partition coefficient (Wildman–Crippen LogP) is 3.64. The summed E-state index contributed by atoms with van der Waals surface area (Å²) in [6, 6.07) is 15.6. The molecule has 0 aliphatic carbocycles. The van der Waals surface area contributed by atoms with Crippen molar-refractivity contribution in [2.75, 3.05) is 12.9 Å². The van der Waals surface area contributed by atoms with Crippen molar-refractivity contribution in [1.29, 1.82) is 0 Å². The number of carbonyl (C=O) groups excluding carboxylic acids is 1. The average molecular weight is 367 g/mol. The molecular weight excluding hydrogens is 346 g/mol. The molecule has 0 aliphatic rings. The molecule has 134 valence electrons. The molecule has 0 unspecified atom stereocenters. The second-order valence-electron chi connectivity index (χ2n) is 5.66. The van der Waals surface area contributed by atoms with Crippen LogP contribution in [0.3, 0.4) is 0 Å². The van der Waals surface area contributed by atoms with Crippen LogP contribution in [0.15, 0.2) is 66.3 Å². The number of hydrogen-bond donors (Lipinski definition) is 1. The van der Waals surface area contributed by atoms with E-state index in [0.29, 0.717) is 18.8 Å². The summed E-state index contributed by atoms with van der Waals surface area (Å²) in [6.07, 6.45) is 1.83. The summed E-state index contributed by atoms with van der Waals surface area (Å²) in [4.78, 5) is 16.9. The number of thioether (sulfide) groups is 1. The Hall–Kier alpha value is -2.73. The van der Waals surface area contributed by atoms with Gasteiger partial charge in [-0.2, -0.15) is 0 Å². The Kier molecular flexibility index (Phi) is 5.96. The Morgan fingerprint density at radius 2 is 2.04 bits per heavy atom. The maximum atomic E-state index is 12.2. The minimum Gasteiger partial charge on any atom is -0.496 e. The van der Waals surface area contributed by atoms with E-state index in [0.717, 1.165) is 27.5 Å². The number of nitrogens with one attached hydrogen (secondary N) is 1. The second kappa shape index (κ2) is 8.58. The molecule has 2 aromatic carbocycles. The van der Waals surface area contributed by atoms with Crippen molar-refractivity contribution in [2.45, 2.75) is 18.2 Å². The van der Waals surface area contributed by atoms with Gasteiger partial charge < -0.3 is 14.6 Å². The highest BCUT2D eigenvalue weighted by Gasteiger charge is 2.12. The number of aromatic nitrogens is 2. The van der Waals surface area contributed by atoms with Gasteiger partial charge in [0.1, 0.15) is 5.75 Å². The minimum absolute atomic E-state index is 0.0434.